The fourth-order valence-electron chi connectivity index (χ4n) is 1.50. The van der Waals surface area contributed by atoms with E-state index in [1.54, 1.807) is 6.20 Å². The average molecular weight is 222 g/mol. The number of hydrogen-bond acceptors (Lipinski definition) is 4. The summed E-state index contributed by atoms with van der Waals surface area (Å²) in [4.78, 5) is 4.25. The van der Waals surface area contributed by atoms with Crippen molar-refractivity contribution in [2.75, 3.05) is 0 Å². The van der Waals surface area contributed by atoms with Gasteiger partial charge in [0.05, 0.1) is 11.7 Å². The lowest BCUT2D eigenvalue weighted by atomic mass is 10.1. The molecular weight excluding hydrogens is 204 g/mol. The molecule has 1 rings (SSSR count). The summed E-state index contributed by atoms with van der Waals surface area (Å²) in [5.41, 5.74) is 6.51. The zero-order valence-electron chi connectivity index (χ0n) is 9.59. The maximum Gasteiger partial charge on any atom is 0.156 e. The first-order chi connectivity index (χ1) is 7.69. The average Bonchev–Trinajstić information content (AvgIpc) is 2.35. The fraction of sp³-hybridized carbons (Fsp3) is 0.455. The molecule has 0 saturated heterocycles. The summed E-state index contributed by atoms with van der Waals surface area (Å²) in [6.45, 7) is 3.97. The molecule has 1 heterocycles. The molecule has 0 aliphatic rings. The predicted octanol–water partition coefficient (Wildman–Crippen LogP) is 1.26. The van der Waals surface area contributed by atoms with Crippen LogP contribution in [-0.4, -0.2) is 22.1 Å². The molecular formula is C11H18N4O. The Balaban J connectivity index is 2.66. The molecule has 2 atom stereocenters. The SMILES string of the molecule is CCC(NC(C)c1ccccn1)C(N)=NO. The van der Waals surface area contributed by atoms with Gasteiger partial charge in [-0.2, -0.15) is 0 Å². The van der Waals surface area contributed by atoms with E-state index < -0.39 is 0 Å². The fourth-order valence-corrected chi connectivity index (χ4v) is 1.50. The number of oxime groups is 1. The maximum absolute atomic E-state index is 8.63. The molecule has 0 aliphatic carbocycles. The predicted molar refractivity (Wildman–Crippen MR) is 63.3 cm³/mol. The lowest BCUT2D eigenvalue weighted by Gasteiger charge is -2.20. The third-order valence-electron chi connectivity index (χ3n) is 2.46. The molecule has 2 unspecified atom stereocenters. The Morgan fingerprint density at radius 3 is 2.88 bits per heavy atom. The van der Waals surface area contributed by atoms with E-state index in [2.05, 4.69) is 15.5 Å². The highest BCUT2D eigenvalue weighted by molar-refractivity contribution is 5.85. The summed E-state index contributed by atoms with van der Waals surface area (Å²) < 4.78 is 0. The van der Waals surface area contributed by atoms with E-state index in [1.165, 1.54) is 0 Å². The molecule has 5 heteroatoms. The molecule has 0 fully saturated rings. The van der Waals surface area contributed by atoms with Crippen molar-refractivity contribution in [3.63, 3.8) is 0 Å². The highest BCUT2D eigenvalue weighted by Crippen LogP contribution is 2.09. The molecule has 16 heavy (non-hydrogen) atoms. The van der Waals surface area contributed by atoms with Crippen molar-refractivity contribution < 1.29 is 5.21 Å². The first-order valence-electron chi connectivity index (χ1n) is 5.33. The molecule has 0 amide bonds. The van der Waals surface area contributed by atoms with Crippen LogP contribution in [0, 0.1) is 0 Å². The molecule has 0 aromatic carbocycles. The third kappa shape index (κ3) is 3.20. The zero-order chi connectivity index (χ0) is 12.0. The molecule has 4 N–H and O–H groups in total. The normalized spacial score (nSPS) is 15.8. The van der Waals surface area contributed by atoms with Crippen molar-refractivity contribution in [3.05, 3.63) is 30.1 Å². The summed E-state index contributed by atoms with van der Waals surface area (Å²) in [5, 5.41) is 14.9. The van der Waals surface area contributed by atoms with Gasteiger partial charge in [-0.3, -0.25) is 10.3 Å². The van der Waals surface area contributed by atoms with Gasteiger partial charge in [0.2, 0.25) is 0 Å². The lowest BCUT2D eigenvalue weighted by Crippen LogP contribution is -2.42. The number of pyridine rings is 1. The second-order valence-electron chi connectivity index (χ2n) is 3.63. The monoisotopic (exact) mass is 222 g/mol. The number of nitrogens with zero attached hydrogens (tertiary/aromatic N) is 2. The minimum Gasteiger partial charge on any atom is -0.409 e. The maximum atomic E-state index is 8.63. The van der Waals surface area contributed by atoms with Crippen LogP contribution < -0.4 is 11.1 Å². The largest absolute Gasteiger partial charge is 0.409 e. The van der Waals surface area contributed by atoms with Gasteiger partial charge in [0, 0.05) is 12.2 Å². The van der Waals surface area contributed by atoms with Gasteiger partial charge in [0.1, 0.15) is 0 Å². The molecule has 5 nitrogen and oxygen atoms in total. The van der Waals surface area contributed by atoms with Crippen LogP contribution >= 0.6 is 0 Å². The second-order valence-corrected chi connectivity index (χ2v) is 3.63. The van der Waals surface area contributed by atoms with Crippen LogP contribution in [0.25, 0.3) is 0 Å². The molecule has 0 saturated carbocycles. The van der Waals surface area contributed by atoms with Gasteiger partial charge in [0.25, 0.3) is 0 Å². The first-order valence-corrected chi connectivity index (χ1v) is 5.33. The lowest BCUT2D eigenvalue weighted by molar-refractivity contribution is 0.313. The summed E-state index contributed by atoms with van der Waals surface area (Å²) >= 11 is 0. The number of nitrogens with one attached hydrogen (secondary N) is 1. The minimum atomic E-state index is -0.137. The van der Waals surface area contributed by atoms with Gasteiger partial charge in [0.15, 0.2) is 5.84 Å². The van der Waals surface area contributed by atoms with E-state index in [0.717, 1.165) is 12.1 Å². The van der Waals surface area contributed by atoms with Crippen molar-refractivity contribution in [2.45, 2.75) is 32.4 Å². The second kappa shape index (κ2) is 6.07. The Morgan fingerprint density at radius 2 is 2.38 bits per heavy atom. The van der Waals surface area contributed by atoms with Gasteiger partial charge in [-0.05, 0) is 25.5 Å². The van der Waals surface area contributed by atoms with E-state index in [-0.39, 0.29) is 17.9 Å². The number of nitrogens with two attached hydrogens (primary N) is 1. The van der Waals surface area contributed by atoms with Gasteiger partial charge in [-0.15, -0.1) is 0 Å². The Kier molecular flexibility index (Phi) is 4.72. The Bertz CT molecular complexity index is 339. The third-order valence-corrected chi connectivity index (χ3v) is 2.46. The topological polar surface area (TPSA) is 83.5 Å². The van der Waals surface area contributed by atoms with E-state index >= 15 is 0 Å². The molecule has 1 aromatic rings. The van der Waals surface area contributed by atoms with Crippen LogP contribution in [0.1, 0.15) is 32.0 Å². The number of amidine groups is 1. The van der Waals surface area contributed by atoms with Crippen LogP contribution in [0.2, 0.25) is 0 Å². The van der Waals surface area contributed by atoms with Crippen molar-refractivity contribution in [1.29, 1.82) is 0 Å². The van der Waals surface area contributed by atoms with Crippen LogP contribution in [0.4, 0.5) is 0 Å². The molecule has 0 bridgehead atoms. The van der Waals surface area contributed by atoms with E-state index in [0.29, 0.717) is 0 Å². The summed E-state index contributed by atoms with van der Waals surface area (Å²) in [5.74, 6) is 0.199. The highest BCUT2D eigenvalue weighted by atomic mass is 16.4. The molecule has 88 valence electrons. The number of aromatic nitrogens is 1. The Hall–Kier alpha value is -1.62. The summed E-state index contributed by atoms with van der Waals surface area (Å²) in [6, 6.07) is 5.67. The smallest absolute Gasteiger partial charge is 0.156 e. The van der Waals surface area contributed by atoms with Crippen LogP contribution in [-0.2, 0) is 0 Å². The Morgan fingerprint density at radius 1 is 1.62 bits per heavy atom. The van der Waals surface area contributed by atoms with Gasteiger partial charge >= 0.3 is 0 Å². The van der Waals surface area contributed by atoms with Crippen molar-refractivity contribution >= 4 is 5.84 Å². The minimum absolute atomic E-state index is 0.0615. The van der Waals surface area contributed by atoms with Crippen LogP contribution in [0.5, 0.6) is 0 Å². The van der Waals surface area contributed by atoms with Crippen molar-refractivity contribution in [2.24, 2.45) is 10.9 Å². The van der Waals surface area contributed by atoms with Crippen molar-refractivity contribution in [1.82, 2.24) is 10.3 Å². The van der Waals surface area contributed by atoms with Crippen molar-refractivity contribution in [3.8, 4) is 0 Å². The van der Waals surface area contributed by atoms with E-state index in [9.17, 15) is 0 Å². The molecule has 0 aliphatic heterocycles. The number of hydrogen-bond donors (Lipinski definition) is 3. The van der Waals surface area contributed by atoms with Crippen LogP contribution in [0.3, 0.4) is 0 Å². The van der Waals surface area contributed by atoms with Gasteiger partial charge in [-0.25, -0.2) is 0 Å². The summed E-state index contributed by atoms with van der Waals surface area (Å²) in [6.07, 6.45) is 2.50. The number of rotatable bonds is 5. The summed E-state index contributed by atoms with van der Waals surface area (Å²) in [7, 11) is 0. The zero-order valence-corrected chi connectivity index (χ0v) is 9.59. The quantitative estimate of drug-likeness (QED) is 0.303. The van der Waals surface area contributed by atoms with E-state index in [1.807, 2.05) is 32.0 Å². The van der Waals surface area contributed by atoms with Gasteiger partial charge < -0.3 is 10.9 Å². The first kappa shape index (κ1) is 12.4. The molecule has 0 radical (unpaired) electrons. The molecule has 0 spiro atoms. The van der Waals surface area contributed by atoms with Crippen LogP contribution in [0.15, 0.2) is 29.6 Å². The van der Waals surface area contributed by atoms with E-state index in [4.69, 9.17) is 10.9 Å². The molecule has 1 aromatic heterocycles. The highest BCUT2D eigenvalue weighted by Gasteiger charge is 2.15. The van der Waals surface area contributed by atoms with Gasteiger partial charge in [-0.1, -0.05) is 18.1 Å². The Labute approximate surface area is 95.4 Å². The standard InChI is InChI=1S/C11H18N4O/c1-3-9(11(12)15-16)14-8(2)10-6-4-5-7-13-10/h4-9,14,16H,3H2,1-2H3,(H2,12,15).